The third kappa shape index (κ3) is 3.65. The van der Waals surface area contributed by atoms with E-state index < -0.39 is 0 Å². The zero-order chi connectivity index (χ0) is 16.1. The van der Waals surface area contributed by atoms with Crippen molar-refractivity contribution in [1.82, 2.24) is 25.1 Å². The standard InChI is InChI=1S/C15H17N5O3/c1-22-15-7-5-13-18-17-12(20(13)19-15)4-6-14(21)16-9-8-11-3-2-10-23-11/h2-3,5,7,10H,4,6,8-9H2,1H3,(H,16,21). The van der Waals surface area contributed by atoms with Crippen LogP contribution in [0.3, 0.4) is 0 Å². The van der Waals surface area contributed by atoms with Gasteiger partial charge in [0.2, 0.25) is 11.8 Å². The van der Waals surface area contributed by atoms with E-state index in [2.05, 4.69) is 20.6 Å². The number of rotatable bonds is 7. The van der Waals surface area contributed by atoms with Gasteiger partial charge in [0.05, 0.1) is 13.4 Å². The van der Waals surface area contributed by atoms with Gasteiger partial charge >= 0.3 is 0 Å². The normalized spacial score (nSPS) is 10.8. The van der Waals surface area contributed by atoms with Gasteiger partial charge in [0.15, 0.2) is 11.5 Å². The van der Waals surface area contributed by atoms with E-state index in [0.29, 0.717) is 43.2 Å². The number of fused-ring (bicyclic) bond motifs is 1. The van der Waals surface area contributed by atoms with E-state index in [1.165, 1.54) is 0 Å². The zero-order valence-corrected chi connectivity index (χ0v) is 12.7. The molecule has 120 valence electrons. The van der Waals surface area contributed by atoms with E-state index >= 15 is 0 Å². The van der Waals surface area contributed by atoms with Gasteiger partial charge in [-0.3, -0.25) is 4.79 Å². The maximum absolute atomic E-state index is 11.9. The van der Waals surface area contributed by atoms with Crippen molar-refractivity contribution in [2.75, 3.05) is 13.7 Å². The number of carbonyl (C=O) groups excluding carboxylic acids is 1. The molecule has 23 heavy (non-hydrogen) atoms. The summed E-state index contributed by atoms with van der Waals surface area (Å²) in [6, 6.07) is 7.20. The van der Waals surface area contributed by atoms with Crippen molar-refractivity contribution in [1.29, 1.82) is 0 Å². The van der Waals surface area contributed by atoms with Gasteiger partial charge in [0.1, 0.15) is 5.76 Å². The molecule has 0 atom stereocenters. The second-order valence-corrected chi connectivity index (χ2v) is 4.94. The fraction of sp³-hybridized carbons (Fsp3) is 0.333. The van der Waals surface area contributed by atoms with Crippen LogP contribution in [-0.2, 0) is 17.6 Å². The van der Waals surface area contributed by atoms with Gasteiger partial charge in [0.25, 0.3) is 0 Å². The second-order valence-electron chi connectivity index (χ2n) is 4.94. The highest BCUT2D eigenvalue weighted by Crippen LogP contribution is 2.09. The lowest BCUT2D eigenvalue weighted by Gasteiger charge is -2.04. The summed E-state index contributed by atoms with van der Waals surface area (Å²) in [7, 11) is 1.55. The van der Waals surface area contributed by atoms with Crippen molar-refractivity contribution in [2.45, 2.75) is 19.3 Å². The third-order valence-corrected chi connectivity index (χ3v) is 3.36. The summed E-state index contributed by atoms with van der Waals surface area (Å²) < 4.78 is 11.9. The number of hydrogen-bond acceptors (Lipinski definition) is 6. The average Bonchev–Trinajstić information content (AvgIpc) is 3.22. The summed E-state index contributed by atoms with van der Waals surface area (Å²) in [5.41, 5.74) is 0.624. The number of nitrogens with one attached hydrogen (secondary N) is 1. The van der Waals surface area contributed by atoms with Crippen molar-refractivity contribution in [2.24, 2.45) is 0 Å². The summed E-state index contributed by atoms with van der Waals surface area (Å²) in [4.78, 5) is 11.9. The molecule has 0 saturated carbocycles. The first-order chi connectivity index (χ1) is 11.3. The monoisotopic (exact) mass is 315 g/mol. The van der Waals surface area contributed by atoms with E-state index in [0.717, 1.165) is 5.76 Å². The van der Waals surface area contributed by atoms with Gasteiger partial charge in [-0.1, -0.05) is 0 Å². The van der Waals surface area contributed by atoms with Crippen LogP contribution >= 0.6 is 0 Å². The number of ether oxygens (including phenoxy) is 1. The number of methoxy groups -OCH3 is 1. The molecule has 0 aliphatic rings. The Morgan fingerprint density at radius 1 is 1.30 bits per heavy atom. The highest BCUT2D eigenvalue weighted by molar-refractivity contribution is 5.76. The lowest BCUT2D eigenvalue weighted by molar-refractivity contribution is -0.121. The highest BCUT2D eigenvalue weighted by Gasteiger charge is 2.10. The van der Waals surface area contributed by atoms with Crippen LogP contribution in [-0.4, -0.2) is 39.4 Å². The molecule has 0 radical (unpaired) electrons. The summed E-state index contributed by atoms with van der Waals surface area (Å²) in [6.45, 7) is 0.541. The smallest absolute Gasteiger partial charge is 0.231 e. The number of hydrogen-bond donors (Lipinski definition) is 1. The minimum atomic E-state index is -0.0452. The Kier molecular flexibility index (Phi) is 4.51. The molecule has 0 fully saturated rings. The molecule has 1 amide bonds. The van der Waals surface area contributed by atoms with Crippen LogP contribution in [0.4, 0.5) is 0 Å². The number of aryl methyl sites for hydroxylation is 1. The minimum Gasteiger partial charge on any atom is -0.480 e. The third-order valence-electron chi connectivity index (χ3n) is 3.36. The van der Waals surface area contributed by atoms with Crippen LogP contribution in [0.1, 0.15) is 18.0 Å². The molecule has 3 aromatic rings. The molecule has 3 rings (SSSR count). The Bertz CT molecular complexity index is 782. The predicted molar refractivity (Wildman–Crippen MR) is 81.1 cm³/mol. The summed E-state index contributed by atoms with van der Waals surface area (Å²) in [5, 5.41) is 15.2. The van der Waals surface area contributed by atoms with Gasteiger partial charge < -0.3 is 14.5 Å². The van der Waals surface area contributed by atoms with Gasteiger partial charge in [-0.2, -0.15) is 4.52 Å². The molecule has 0 bridgehead atoms. The summed E-state index contributed by atoms with van der Waals surface area (Å²) in [6.07, 6.45) is 3.06. The van der Waals surface area contributed by atoms with E-state index in [9.17, 15) is 4.79 Å². The largest absolute Gasteiger partial charge is 0.480 e. The number of amides is 1. The molecule has 1 N–H and O–H groups in total. The molecule has 0 aliphatic carbocycles. The van der Waals surface area contributed by atoms with Crippen molar-refractivity contribution in [3.63, 3.8) is 0 Å². The molecular weight excluding hydrogens is 298 g/mol. The number of carbonyl (C=O) groups is 1. The van der Waals surface area contributed by atoms with Gasteiger partial charge in [-0.05, 0) is 18.2 Å². The Labute approximate surface area is 132 Å². The molecule has 8 heteroatoms. The molecule has 3 heterocycles. The molecular formula is C15H17N5O3. The second kappa shape index (κ2) is 6.91. The van der Waals surface area contributed by atoms with Crippen LogP contribution in [0.5, 0.6) is 5.88 Å². The lowest BCUT2D eigenvalue weighted by Crippen LogP contribution is -2.26. The number of nitrogens with zero attached hydrogens (tertiary/aromatic N) is 4. The fourth-order valence-corrected chi connectivity index (χ4v) is 2.17. The van der Waals surface area contributed by atoms with Crippen LogP contribution in [0.25, 0.3) is 5.65 Å². The van der Waals surface area contributed by atoms with Crippen LogP contribution in [0.2, 0.25) is 0 Å². The molecule has 0 saturated heterocycles. The summed E-state index contributed by atoms with van der Waals surface area (Å²) in [5.74, 6) is 1.91. The zero-order valence-electron chi connectivity index (χ0n) is 12.7. The maximum Gasteiger partial charge on any atom is 0.231 e. The van der Waals surface area contributed by atoms with Gasteiger partial charge in [-0.15, -0.1) is 15.3 Å². The van der Waals surface area contributed by atoms with Crippen LogP contribution in [0, 0.1) is 0 Å². The lowest BCUT2D eigenvalue weighted by atomic mass is 10.2. The van der Waals surface area contributed by atoms with Gasteiger partial charge in [-0.25, -0.2) is 0 Å². The topological polar surface area (TPSA) is 94.5 Å². The Morgan fingerprint density at radius 2 is 2.22 bits per heavy atom. The highest BCUT2D eigenvalue weighted by atomic mass is 16.5. The SMILES string of the molecule is COc1ccc2nnc(CCC(=O)NCCc3ccco3)n2n1. The van der Waals surface area contributed by atoms with Crippen molar-refractivity contribution < 1.29 is 13.9 Å². The molecule has 0 aromatic carbocycles. The Morgan fingerprint density at radius 3 is 3.00 bits per heavy atom. The molecule has 0 spiro atoms. The van der Waals surface area contributed by atoms with Crippen molar-refractivity contribution in [3.8, 4) is 5.88 Å². The first kappa shape index (κ1) is 15.0. The minimum absolute atomic E-state index is 0.0452. The molecule has 0 unspecified atom stereocenters. The first-order valence-corrected chi connectivity index (χ1v) is 7.30. The van der Waals surface area contributed by atoms with Crippen molar-refractivity contribution >= 4 is 11.6 Å². The van der Waals surface area contributed by atoms with E-state index in [1.54, 1.807) is 30.0 Å². The number of aromatic nitrogens is 4. The van der Waals surface area contributed by atoms with E-state index in [4.69, 9.17) is 9.15 Å². The van der Waals surface area contributed by atoms with E-state index in [1.807, 2.05) is 12.1 Å². The quantitative estimate of drug-likeness (QED) is 0.699. The van der Waals surface area contributed by atoms with Crippen LogP contribution < -0.4 is 10.1 Å². The maximum atomic E-state index is 11.9. The predicted octanol–water partition coefficient (Wildman–Crippen LogP) is 1.02. The van der Waals surface area contributed by atoms with E-state index in [-0.39, 0.29) is 5.91 Å². The van der Waals surface area contributed by atoms with Crippen LogP contribution in [0.15, 0.2) is 34.9 Å². The fourth-order valence-electron chi connectivity index (χ4n) is 2.17. The van der Waals surface area contributed by atoms with Gasteiger partial charge in [0, 0.05) is 31.9 Å². The molecule has 0 aliphatic heterocycles. The summed E-state index contributed by atoms with van der Waals surface area (Å²) >= 11 is 0. The average molecular weight is 315 g/mol. The first-order valence-electron chi connectivity index (χ1n) is 7.30. The Balaban J connectivity index is 1.52. The van der Waals surface area contributed by atoms with Crippen molar-refractivity contribution in [3.05, 3.63) is 42.1 Å². The molecule has 3 aromatic heterocycles. The Hall–Kier alpha value is -2.90. The molecule has 8 nitrogen and oxygen atoms in total. The number of furan rings is 1.